The first-order valence-corrected chi connectivity index (χ1v) is 7.00. The molecule has 1 saturated carbocycles. The molecule has 1 aliphatic carbocycles. The lowest BCUT2D eigenvalue weighted by Gasteiger charge is -2.11. The molecule has 1 fully saturated rings. The van der Waals surface area contributed by atoms with E-state index in [0.717, 1.165) is 24.3 Å². The highest BCUT2D eigenvalue weighted by Gasteiger charge is 2.25. The van der Waals surface area contributed by atoms with Gasteiger partial charge in [-0.25, -0.2) is 4.98 Å². The molecule has 1 aromatic rings. The lowest BCUT2D eigenvalue weighted by Crippen LogP contribution is -2.13. The number of aliphatic hydroxyl groups is 1. The quantitative estimate of drug-likeness (QED) is 0.805. The van der Waals surface area contributed by atoms with E-state index in [2.05, 4.69) is 4.98 Å². The Labute approximate surface area is 91.9 Å². The van der Waals surface area contributed by atoms with Crippen molar-refractivity contribution in [1.82, 2.24) is 4.98 Å². The second-order valence-corrected chi connectivity index (χ2v) is 5.84. The fourth-order valence-electron chi connectivity index (χ4n) is 1.53. The monoisotopic (exact) mass is 227 g/mol. The SMILES string of the molecule is O[C@@H]1CCCC1SSc1ccccn1. The molecule has 1 aromatic heterocycles. The predicted molar refractivity (Wildman–Crippen MR) is 61.3 cm³/mol. The van der Waals surface area contributed by atoms with E-state index < -0.39 is 0 Å². The van der Waals surface area contributed by atoms with Gasteiger partial charge >= 0.3 is 0 Å². The Balaban J connectivity index is 1.82. The van der Waals surface area contributed by atoms with E-state index in [-0.39, 0.29) is 6.10 Å². The summed E-state index contributed by atoms with van der Waals surface area (Å²) >= 11 is 0. The van der Waals surface area contributed by atoms with Crippen LogP contribution < -0.4 is 0 Å². The van der Waals surface area contributed by atoms with Gasteiger partial charge in [-0.15, -0.1) is 0 Å². The molecule has 2 atom stereocenters. The molecule has 14 heavy (non-hydrogen) atoms. The van der Waals surface area contributed by atoms with Gasteiger partial charge in [-0.05, 0) is 42.2 Å². The molecule has 76 valence electrons. The molecule has 4 heteroatoms. The van der Waals surface area contributed by atoms with E-state index in [9.17, 15) is 5.11 Å². The third-order valence-electron chi connectivity index (χ3n) is 2.31. The third kappa shape index (κ3) is 2.65. The summed E-state index contributed by atoms with van der Waals surface area (Å²) in [6.07, 6.45) is 4.93. The first-order valence-electron chi connectivity index (χ1n) is 4.79. The fraction of sp³-hybridized carbons (Fsp3) is 0.500. The first kappa shape index (κ1) is 10.3. The average Bonchev–Trinajstić information content (AvgIpc) is 2.63. The lowest BCUT2D eigenvalue weighted by molar-refractivity contribution is 0.188. The maximum absolute atomic E-state index is 9.61. The van der Waals surface area contributed by atoms with E-state index in [1.807, 2.05) is 18.2 Å². The summed E-state index contributed by atoms with van der Waals surface area (Å²) in [5.74, 6) is 0. The van der Waals surface area contributed by atoms with Gasteiger partial charge in [-0.2, -0.15) is 0 Å². The maximum atomic E-state index is 9.61. The van der Waals surface area contributed by atoms with Crippen molar-refractivity contribution in [3.05, 3.63) is 24.4 Å². The van der Waals surface area contributed by atoms with Gasteiger partial charge in [0.1, 0.15) is 5.03 Å². The van der Waals surface area contributed by atoms with Crippen molar-refractivity contribution >= 4 is 21.6 Å². The summed E-state index contributed by atoms with van der Waals surface area (Å²) < 4.78 is 0. The number of rotatable bonds is 3. The minimum absolute atomic E-state index is 0.115. The minimum Gasteiger partial charge on any atom is -0.392 e. The van der Waals surface area contributed by atoms with E-state index in [4.69, 9.17) is 0 Å². The van der Waals surface area contributed by atoms with Crippen molar-refractivity contribution in [1.29, 1.82) is 0 Å². The van der Waals surface area contributed by atoms with Crippen molar-refractivity contribution in [3.63, 3.8) is 0 Å². The molecular weight excluding hydrogens is 214 g/mol. The Bertz CT molecular complexity index is 281. The van der Waals surface area contributed by atoms with Crippen LogP contribution in [0.3, 0.4) is 0 Å². The molecule has 1 unspecified atom stereocenters. The number of aliphatic hydroxyl groups excluding tert-OH is 1. The smallest absolute Gasteiger partial charge is 0.106 e. The summed E-state index contributed by atoms with van der Waals surface area (Å²) in [5, 5.41) is 11.0. The van der Waals surface area contributed by atoms with Crippen molar-refractivity contribution in [2.45, 2.75) is 35.6 Å². The van der Waals surface area contributed by atoms with Gasteiger partial charge in [0.05, 0.1) is 6.10 Å². The molecule has 1 aliphatic rings. The average molecular weight is 227 g/mol. The second kappa shape index (κ2) is 5.05. The molecule has 2 nitrogen and oxygen atoms in total. The summed E-state index contributed by atoms with van der Waals surface area (Å²) in [5.41, 5.74) is 0. The maximum Gasteiger partial charge on any atom is 0.106 e. The van der Waals surface area contributed by atoms with E-state index in [0.29, 0.717) is 5.25 Å². The van der Waals surface area contributed by atoms with Crippen LogP contribution >= 0.6 is 21.6 Å². The van der Waals surface area contributed by atoms with Crippen molar-refractivity contribution in [3.8, 4) is 0 Å². The molecule has 0 radical (unpaired) electrons. The molecule has 1 heterocycles. The molecule has 0 bridgehead atoms. The highest BCUT2D eigenvalue weighted by Crippen LogP contribution is 2.40. The summed E-state index contributed by atoms with van der Waals surface area (Å²) in [6.45, 7) is 0. The number of nitrogens with zero attached hydrogens (tertiary/aromatic N) is 1. The minimum atomic E-state index is -0.115. The van der Waals surface area contributed by atoms with Gasteiger partial charge in [0, 0.05) is 11.4 Å². The highest BCUT2D eigenvalue weighted by atomic mass is 33.1. The highest BCUT2D eigenvalue weighted by molar-refractivity contribution is 8.76. The van der Waals surface area contributed by atoms with E-state index in [1.165, 1.54) is 0 Å². The van der Waals surface area contributed by atoms with Crippen LogP contribution in [-0.2, 0) is 0 Å². The van der Waals surface area contributed by atoms with Crippen LogP contribution in [0, 0.1) is 0 Å². The Morgan fingerprint density at radius 2 is 2.29 bits per heavy atom. The lowest BCUT2D eigenvalue weighted by atomic mass is 10.3. The fourth-order valence-corrected chi connectivity index (χ4v) is 4.15. The summed E-state index contributed by atoms with van der Waals surface area (Å²) in [7, 11) is 3.42. The van der Waals surface area contributed by atoms with Gasteiger partial charge in [-0.3, -0.25) is 0 Å². The third-order valence-corrected chi connectivity index (χ3v) is 5.16. The summed E-state index contributed by atoms with van der Waals surface area (Å²) in [4.78, 5) is 4.23. The van der Waals surface area contributed by atoms with Gasteiger partial charge < -0.3 is 5.11 Å². The second-order valence-electron chi connectivity index (χ2n) is 3.38. The molecule has 0 saturated heterocycles. The molecule has 2 rings (SSSR count). The Hall–Kier alpha value is -0.190. The van der Waals surface area contributed by atoms with Crippen LogP contribution in [0.4, 0.5) is 0 Å². The van der Waals surface area contributed by atoms with Gasteiger partial charge in [0.25, 0.3) is 0 Å². The normalized spacial score (nSPS) is 26.6. The number of hydrogen-bond acceptors (Lipinski definition) is 4. The Morgan fingerprint density at radius 1 is 1.36 bits per heavy atom. The largest absolute Gasteiger partial charge is 0.392 e. The zero-order valence-corrected chi connectivity index (χ0v) is 9.43. The van der Waals surface area contributed by atoms with Crippen LogP contribution in [0.5, 0.6) is 0 Å². The van der Waals surface area contributed by atoms with E-state index >= 15 is 0 Å². The molecule has 1 N–H and O–H groups in total. The molecular formula is C10H13NOS2. The summed E-state index contributed by atoms with van der Waals surface area (Å²) in [6, 6.07) is 5.90. The standard InChI is InChI=1S/C10H13NOS2/c12-8-4-3-5-9(8)13-14-10-6-1-2-7-11-10/h1-2,6-9,12H,3-5H2/t8-,9?/m1/s1. The van der Waals surface area contributed by atoms with Crippen LogP contribution in [0.25, 0.3) is 0 Å². The molecule has 0 aromatic carbocycles. The Morgan fingerprint density at radius 3 is 2.93 bits per heavy atom. The van der Waals surface area contributed by atoms with Crippen molar-refractivity contribution in [2.24, 2.45) is 0 Å². The van der Waals surface area contributed by atoms with Crippen LogP contribution in [0.15, 0.2) is 29.4 Å². The number of hydrogen-bond donors (Lipinski definition) is 1. The molecule has 0 aliphatic heterocycles. The Kier molecular flexibility index (Phi) is 3.73. The topological polar surface area (TPSA) is 33.1 Å². The number of aromatic nitrogens is 1. The zero-order valence-electron chi connectivity index (χ0n) is 7.80. The number of pyridine rings is 1. The van der Waals surface area contributed by atoms with Gasteiger partial charge in [0.15, 0.2) is 0 Å². The van der Waals surface area contributed by atoms with Gasteiger partial charge in [0.2, 0.25) is 0 Å². The molecule has 0 spiro atoms. The molecule has 0 amide bonds. The van der Waals surface area contributed by atoms with E-state index in [1.54, 1.807) is 27.8 Å². The van der Waals surface area contributed by atoms with Gasteiger partial charge in [-0.1, -0.05) is 16.9 Å². The van der Waals surface area contributed by atoms with Crippen molar-refractivity contribution < 1.29 is 5.11 Å². The van der Waals surface area contributed by atoms with Crippen molar-refractivity contribution in [2.75, 3.05) is 0 Å². The predicted octanol–water partition coefficient (Wildman–Crippen LogP) is 2.74. The first-order chi connectivity index (χ1) is 6.86. The van der Waals surface area contributed by atoms with Crippen LogP contribution in [-0.4, -0.2) is 21.4 Å². The zero-order chi connectivity index (χ0) is 9.80. The van der Waals surface area contributed by atoms with Crippen LogP contribution in [0.2, 0.25) is 0 Å². The van der Waals surface area contributed by atoms with Crippen LogP contribution in [0.1, 0.15) is 19.3 Å².